The van der Waals surface area contributed by atoms with E-state index in [2.05, 4.69) is 4.98 Å². The monoisotopic (exact) mass is 533 g/mol. The van der Waals surface area contributed by atoms with Crippen molar-refractivity contribution < 1.29 is 29.3 Å². The molecule has 10 heteroatoms. The predicted octanol–water partition coefficient (Wildman–Crippen LogP) is 4.47. The molecule has 0 unspecified atom stereocenters. The summed E-state index contributed by atoms with van der Waals surface area (Å²) in [6, 6.07) is 0. The zero-order valence-electron chi connectivity index (χ0n) is 20.1. The van der Waals surface area contributed by atoms with Crippen molar-refractivity contribution in [2.45, 2.75) is 65.8 Å². The molecule has 1 aliphatic heterocycles. The van der Waals surface area contributed by atoms with Crippen molar-refractivity contribution in [1.82, 2.24) is 4.98 Å². The largest absolute Gasteiger partial charge is 0.456 e. The number of Topliss-reactive ketones (excluding diaryl/α,β-unsaturated/α-hetero) is 1. The van der Waals surface area contributed by atoms with Crippen molar-refractivity contribution in [2.24, 2.45) is 17.3 Å². The number of ketones is 1. The first kappa shape index (κ1) is 28.9. The van der Waals surface area contributed by atoms with E-state index in [0.717, 1.165) is 5.01 Å². The van der Waals surface area contributed by atoms with Gasteiger partial charge in [-0.15, -0.1) is 11.3 Å². The summed E-state index contributed by atoms with van der Waals surface area (Å²) in [5, 5.41) is 24.7. The number of carbonyl (C=O) groups is 2. The van der Waals surface area contributed by atoms with Gasteiger partial charge in [-0.1, -0.05) is 57.0 Å². The number of rotatable bonds is 2. The van der Waals surface area contributed by atoms with Crippen LogP contribution in [0.2, 0.25) is 0 Å². The Balaban J connectivity index is 2.33. The lowest BCUT2D eigenvalue weighted by molar-refractivity contribution is -0.154. The summed E-state index contributed by atoms with van der Waals surface area (Å²) in [7, 11) is 0. The number of aliphatic hydroxyl groups excluding tert-OH is 2. The summed E-state index contributed by atoms with van der Waals surface area (Å²) in [6.45, 7) is 8.64. The SMILES string of the molecule is Cc1nc(/C=C(\Cl)[C@@H]2C/C=C(/Cl)COC[C@H](C)[C@H](O)[C@@H](C)C(=O)C(C)(C)[C@@H](O)CC(=O)O2)cs1. The normalized spacial score (nSPS) is 32.1. The highest BCUT2D eigenvalue weighted by atomic mass is 35.5. The summed E-state index contributed by atoms with van der Waals surface area (Å²) in [5.74, 6) is -2.19. The van der Waals surface area contributed by atoms with Gasteiger partial charge in [0.15, 0.2) is 0 Å². The first-order chi connectivity index (χ1) is 15.8. The van der Waals surface area contributed by atoms with Gasteiger partial charge in [0, 0.05) is 28.7 Å². The van der Waals surface area contributed by atoms with E-state index in [1.165, 1.54) is 11.3 Å². The summed E-state index contributed by atoms with van der Waals surface area (Å²) in [4.78, 5) is 30.1. The molecule has 0 amide bonds. The van der Waals surface area contributed by atoms with Gasteiger partial charge in [0.1, 0.15) is 11.9 Å². The lowest BCUT2D eigenvalue weighted by Gasteiger charge is -2.34. The van der Waals surface area contributed by atoms with Crippen LogP contribution in [0.4, 0.5) is 0 Å². The third-order valence-electron chi connectivity index (χ3n) is 6.01. The van der Waals surface area contributed by atoms with Gasteiger partial charge in [-0.25, -0.2) is 4.98 Å². The fourth-order valence-corrected chi connectivity index (χ4v) is 4.63. The number of ether oxygens (including phenoxy) is 2. The fraction of sp³-hybridized carbons (Fsp3) is 0.625. The Morgan fingerprint density at radius 2 is 1.97 bits per heavy atom. The van der Waals surface area contributed by atoms with Crippen LogP contribution >= 0.6 is 34.5 Å². The number of aromatic nitrogens is 1. The quantitative estimate of drug-likeness (QED) is 0.540. The van der Waals surface area contributed by atoms with Crippen molar-refractivity contribution >= 4 is 52.4 Å². The number of thiazole rings is 1. The molecular weight excluding hydrogens is 501 g/mol. The first-order valence-electron chi connectivity index (χ1n) is 11.1. The second kappa shape index (κ2) is 12.6. The maximum absolute atomic E-state index is 13.1. The lowest BCUT2D eigenvalue weighted by Crippen LogP contribution is -2.46. The molecule has 5 atom stereocenters. The summed E-state index contributed by atoms with van der Waals surface area (Å²) < 4.78 is 11.2. The Kier molecular flexibility index (Phi) is 10.7. The molecule has 190 valence electrons. The van der Waals surface area contributed by atoms with Crippen LogP contribution in [0.1, 0.15) is 51.2 Å². The molecule has 0 saturated carbocycles. The Labute approximate surface area is 214 Å². The number of hydrogen-bond acceptors (Lipinski definition) is 8. The molecule has 0 radical (unpaired) electrons. The van der Waals surface area contributed by atoms with Gasteiger partial charge in [0.05, 0.1) is 53.0 Å². The van der Waals surface area contributed by atoms with Crippen LogP contribution in [-0.4, -0.2) is 58.5 Å². The number of nitrogens with zero attached hydrogens (tertiary/aromatic N) is 1. The van der Waals surface area contributed by atoms with E-state index in [-0.39, 0.29) is 36.4 Å². The molecule has 34 heavy (non-hydrogen) atoms. The molecule has 1 aromatic heterocycles. The molecule has 0 bridgehead atoms. The fourth-order valence-electron chi connectivity index (χ4n) is 3.65. The molecule has 7 nitrogen and oxygen atoms in total. The van der Waals surface area contributed by atoms with Crippen LogP contribution in [0, 0.1) is 24.2 Å². The van der Waals surface area contributed by atoms with Gasteiger partial charge in [0.2, 0.25) is 0 Å². The van der Waals surface area contributed by atoms with Gasteiger partial charge in [-0.2, -0.15) is 0 Å². The summed E-state index contributed by atoms with van der Waals surface area (Å²) in [6.07, 6.45) is -0.109. The topological polar surface area (TPSA) is 106 Å². The van der Waals surface area contributed by atoms with Gasteiger partial charge in [-0.3, -0.25) is 9.59 Å². The second-order valence-electron chi connectivity index (χ2n) is 9.26. The molecule has 0 aromatic carbocycles. The van der Waals surface area contributed by atoms with Crippen molar-refractivity contribution in [3.63, 3.8) is 0 Å². The van der Waals surface area contributed by atoms with Crippen LogP contribution in [0.3, 0.4) is 0 Å². The summed E-state index contributed by atoms with van der Waals surface area (Å²) >= 11 is 14.2. The van der Waals surface area contributed by atoms with Gasteiger partial charge in [-0.05, 0) is 13.0 Å². The van der Waals surface area contributed by atoms with Crippen molar-refractivity contribution in [2.75, 3.05) is 13.2 Å². The number of hydrogen-bond donors (Lipinski definition) is 2. The van der Waals surface area contributed by atoms with Crippen molar-refractivity contribution in [3.05, 3.63) is 32.2 Å². The van der Waals surface area contributed by atoms with E-state index >= 15 is 0 Å². The maximum atomic E-state index is 13.1. The molecular formula is C24H33Cl2NO6S. The number of halogens is 2. The standard InChI is InChI=1S/C24H33Cl2NO6S/c1-13-10-32-11-16(25)6-7-19(18(26)8-17-12-34-15(3)27-17)33-21(29)9-20(28)24(4,5)23(31)14(2)22(13)30/h6,8,12-14,19-20,22,28,30H,7,9-11H2,1-5H3/b16-6+,18-8-/t13-,14+,19-,20-,22-/m0/s1. The van der Waals surface area contributed by atoms with Crippen molar-refractivity contribution in [1.29, 1.82) is 0 Å². The number of aliphatic hydroxyl groups is 2. The third kappa shape index (κ3) is 7.86. The average molecular weight is 535 g/mol. The molecule has 1 aliphatic rings. The minimum atomic E-state index is -1.31. The molecule has 2 N–H and O–H groups in total. The molecule has 1 aromatic rings. The average Bonchev–Trinajstić information content (AvgIpc) is 3.18. The van der Waals surface area contributed by atoms with E-state index in [1.54, 1.807) is 39.8 Å². The lowest BCUT2D eigenvalue weighted by atomic mass is 9.73. The van der Waals surface area contributed by atoms with Crippen LogP contribution in [-0.2, 0) is 19.1 Å². The van der Waals surface area contributed by atoms with Gasteiger partial charge >= 0.3 is 5.97 Å². The highest BCUT2D eigenvalue weighted by molar-refractivity contribution is 7.09. The second-order valence-corrected chi connectivity index (χ2v) is 11.2. The van der Waals surface area contributed by atoms with Crippen molar-refractivity contribution in [3.8, 4) is 0 Å². The molecule has 0 saturated heterocycles. The van der Waals surface area contributed by atoms with Crippen LogP contribution < -0.4 is 0 Å². The maximum Gasteiger partial charge on any atom is 0.309 e. The Morgan fingerprint density at radius 3 is 2.59 bits per heavy atom. The first-order valence-corrected chi connectivity index (χ1v) is 12.8. The van der Waals surface area contributed by atoms with Crippen LogP contribution in [0.25, 0.3) is 6.08 Å². The van der Waals surface area contributed by atoms with Gasteiger partial charge in [0.25, 0.3) is 0 Å². The molecule has 0 spiro atoms. The number of carbonyl (C=O) groups excluding carboxylic acids is 2. The van der Waals surface area contributed by atoms with Crippen LogP contribution in [0.5, 0.6) is 0 Å². The highest BCUT2D eigenvalue weighted by Gasteiger charge is 2.42. The minimum Gasteiger partial charge on any atom is -0.456 e. The zero-order valence-corrected chi connectivity index (χ0v) is 22.4. The molecule has 0 aliphatic carbocycles. The van der Waals surface area contributed by atoms with E-state index in [0.29, 0.717) is 10.7 Å². The van der Waals surface area contributed by atoms with E-state index in [1.807, 2.05) is 12.3 Å². The summed E-state index contributed by atoms with van der Waals surface area (Å²) in [5.41, 5.74) is -0.643. The number of aryl methyl sites for hydroxylation is 1. The van der Waals surface area contributed by atoms with E-state index in [4.69, 9.17) is 32.7 Å². The Morgan fingerprint density at radius 1 is 1.29 bits per heavy atom. The van der Waals surface area contributed by atoms with E-state index < -0.39 is 42.0 Å². The van der Waals surface area contributed by atoms with E-state index in [9.17, 15) is 19.8 Å². The number of cyclic esters (lactones) is 1. The zero-order chi connectivity index (χ0) is 25.6. The Hall–Kier alpha value is -1.29. The third-order valence-corrected chi connectivity index (χ3v) is 7.42. The highest BCUT2D eigenvalue weighted by Crippen LogP contribution is 2.32. The number of esters is 1. The predicted molar refractivity (Wildman–Crippen MR) is 134 cm³/mol. The minimum absolute atomic E-state index is 0.0957. The molecule has 2 heterocycles. The Bertz CT molecular complexity index is 928. The molecule has 0 fully saturated rings. The molecule has 2 rings (SSSR count). The van der Waals surface area contributed by atoms with Gasteiger partial charge < -0.3 is 19.7 Å². The van der Waals surface area contributed by atoms with Crippen LogP contribution in [0.15, 0.2) is 21.5 Å². The smallest absolute Gasteiger partial charge is 0.309 e.